The summed E-state index contributed by atoms with van der Waals surface area (Å²) in [6, 6.07) is 7.92. The number of aryl methyl sites for hydroxylation is 1. The van der Waals surface area contributed by atoms with Gasteiger partial charge in [0.2, 0.25) is 0 Å². The molecule has 2 fully saturated rings. The maximum atomic E-state index is 13.2. The number of carbonyl (C=O) groups is 2. The third kappa shape index (κ3) is 3.03. The summed E-state index contributed by atoms with van der Waals surface area (Å²) in [5.41, 5.74) is 1.24. The highest BCUT2D eigenvalue weighted by Gasteiger charge is 2.58. The summed E-state index contributed by atoms with van der Waals surface area (Å²) in [6.45, 7) is 4.21. The van der Waals surface area contributed by atoms with Gasteiger partial charge in [-0.3, -0.25) is 4.79 Å². The Bertz CT molecular complexity index is 680. The van der Waals surface area contributed by atoms with Crippen LogP contribution in [-0.4, -0.2) is 34.2 Å². The molecule has 1 aromatic carbocycles. The molecule has 3 rings (SSSR count). The Morgan fingerprint density at radius 2 is 1.84 bits per heavy atom. The molecule has 6 heteroatoms. The minimum absolute atomic E-state index is 0.233. The van der Waals surface area contributed by atoms with Gasteiger partial charge in [-0.2, -0.15) is 4.90 Å². The molecule has 0 aromatic heterocycles. The SMILES string of the molecule is CCCOC(=O)N1C(=O)C2(CCCCC2)N(c2ccc(C)cc2)C1=S. The Morgan fingerprint density at radius 3 is 2.44 bits per heavy atom. The molecule has 1 aliphatic carbocycles. The van der Waals surface area contributed by atoms with Crippen LogP contribution in [0.15, 0.2) is 24.3 Å². The molecule has 0 unspecified atom stereocenters. The van der Waals surface area contributed by atoms with E-state index in [0.29, 0.717) is 19.3 Å². The first kappa shape index (κ1) is 17.9. The molecule has 0 bridgehead atoms. The van der Waals surface area contributed by atoms with Gasteiger partial charge in [0.15, 0.2) is 5.11 Å². The van der Waals surface area contributed by atoms with E-state index in [1.807, 2.05) is 43.0 Å². The van der Waals surface area contributed by atoms with E-state index in [1.54, 1.807) is 0 Å². The zero-order valence-electron chi connectivity index (χ0n) is 14.8. The van der Waals surface area contributed by atoms with Crippen LogP contribution in [-0.2, 0) is 9.53 Å². The first-order valence-corrected chi connectivity index (χ1v) is 9.34. The molecule has 5 nitrogen and oxygen atoms in total. The van der Waals surface area contributed by atoms with Crippen molar-refractivity contribution in [3.63, 3.8) is 0 Å². The number of benzene rings is 1. The van der Waals surface area contributed by atoms with E-state index in [1.165, 1.54) is 0 Å². The van der Waals surface area contributed by atoms with E-state index in [-0.39, 0.29) is 17.6 Å². The van der Waals surface area contributed by atoms with Crippen molar-refractivity contribution in [2.24, 2.45) is 0 Å². The number of imide groups is 1. The maximum absolute atomic E-state index is 13.2. The molecule has 2 amide bonds. The maximum Gasteiger partial charge on any atom is 0.423 e. The van der Waals surface area contributed by atoms with Gasteiger partial charge < -0.3 is 9.64 Å². The average molecular weight is 360 g/mol. The minimum Gasteiger partial charge on any atom is -0.449 e. The lowest BCUT2D eigenvalue weighted by molar-refractivity contribution is -0.130. The Hall–Kier alpha value is -1.95. The molecule has 1 saturated carbocycles. The van der Waals surface area contributed by atoms with Crippen LogP contribution in [0.3, 0.4) is 0 Å². The van der Waals surface area contributed by atoms with Crippen LogP contribution < -0.4 is 4.90 Å². The lowest BCUT2D eigenvalue weighted by Crippen LogP contribution is -2.51. The fraction of sp³-hybridized carbons (Fsp3) is 0.526. The van der Waals surface area contributed by atoms with Gasteiger partial charge in [-0.05, 0) is 50.5 Å². The second-order valence-electron chi connectivity index (χ2n) is 6.80. The summed E-state index contributed by atoms with van der Waals surface area (Å²) < 4.78 is 5.21. The molecule has 0 atom stereocenters. The van der Waals surface area contributed by atoms with Crippen molar-refractivity contribution < 1.29 is 14.3 Å². The summed E-state index contributed by atoms with van der Waals surface area (Å²) in [6.07, 6.45) is 4.46. The molecule has 1 saturated heterocycles. The van der Waals surface area contributed by atoms with Crippen molar-refractivity contribution in [1.29, 1.82) is 0 Å². The number of carbonyl (C=O) groups excluding carboxylic acids is 2. The van der Waals surface area contributed by atoms with E-state index in [0.717, 1.165) is 35.4 Å². The van der Waals surface area contributed by atoms with Crippen molar-refractivity contribution in [3.05, 3.63) is 29.8 Å². The zero-order valence-corrected chi connectivity index (χ0v) is 15.6. The molecular weight excluding hydrogens is 336 g/mol. The van der Waals surface area contributed by atoms with Crippen LogP contribution in [0.25, 0.3) is 0 Å². The number of hydrogen-bond acceptors (Lipinski definition) is 4. The predicted octanol–water partition coefficient (Wildman–Crippen LogP) is 4.18. The summed E-state index contributed by atoms with van der Waals surface area (Å²) in [7, 11) is 0. The van der Waals surface area contributed by atoms with Crippen molar-refractivity contribution >= 4 is 35.0 Å². The molecule has 1 heterocycles. The van der Waals surface area contributed by atoms with E-state index in [4.69, 9.17) is 17.0 Å². The lowest BCUT2D eigenvalue weighted by atomic mass is 9.80. The molecule has 2 aliphatic rings. The molecule has 1 spiro atoms. The van der Waals surface area contributed by atoms with Crippen molar-refractivity contribution in [2.45, 2.75) is 57.9 Å². The minimum atomic E-state index is -0.754. The molecular formula is C19H24N2O3S. The first-order valence-electron chi connectivity index (χ1n) is 8.93. The molecule has 0 radical (unpaired) electrons. The number of amides is 2. The van der Waals surface area contributed by atoms with Crippen LogP contribution >= 0.6 is 12.2 Å². The standard InChI is InChI=1S/C19H24N2O3S/c1-3-13-24-18(23)20-16(22)19(11-5-4-6-12-19)21(17(20)25)15-9-7-14(2)8-10-15/h7-10H,3-6,11-13H2,1-2H3. The number of nitrogens with zero attached hydrogens (tertiary/aromatic N) is 2. The fourth-order valence-electron chi connectivity index (χ4n) is 3.71. The van der Waals surface area contributed by atoms with E-state index >= 15 is 0 Å². The second kappa shape index (κ2) is 7.12. The number of ether oxygens (including phenoxy) is 1. The van der Waals surface area contributed by atoms with Crippen LogP contribution in [0.5, 0.6) is 0 Å². The van der Waals surface area contributed by atoms with E-state index < -0.39 is 11.6 Å². The Kier molecular flexibility index (Phi) is 5.08. The number of anilines is 1. The third-order valence-corrected chi connectivity index (χ3v) is 5.36. The third-order valence-electron chi connectivity index (χ3n) is 5.00. The van der Waals surface area contributed by atoms with Gasteiger partial charge in [-0.15, -0.1) is 0 Å². The normalized spacial score (nSPS) is 19.6. The Morgan fingerprint density at radius 1 is 1.20 bits per heavy atom. The zero-order chi connectivity index (χ0) is 18.0. The topological polar surface area (TPSA) is 49.9 Å². The summed E-state index contributed by atoms with van der Waals surface area (Å²) >= 11 is 5.56. The van der Waals surface area contributed by atoms with Gasteiger partial charge >= 0.3 is 6.09 Å². The highest BCUT2D eigenvalue weighted by molar-refractivity contribution is 7.80. The van der Waals surface area contributed by atoms with Crippen LogP contribution in [0, 0.1) is 6.92 Å². The highest BCUT2D eigenvalue weighted by atomic mass is 32.1. The average Bonchev–Trinajstić information content (AvgIpc) is 2.82. The monoisotopic (exact) mass is 360 g/mol. The van der Waals surface area contributed by atoms with Gasteiger partial charge in [0.1, 0.15) is 5.54 Å². The van der Waals surface area contributed by atoms with Gasteiger partial charge in [0.05, 0.1) is 6.61 Å². The summed E-state index contributed by atoms with van der Waals surface area (Å²) in [5.74, 6) is -0.237. The van der Waals surface area contributed by atoms with Crippen molar-refractivity contribution in [3.8, 4) is 0 Å². The first-order chi connectivity index (χ1) is 12.0. The van der Waals surface area contributed by atoms with Gasteiger partial charge in [0, 0.05) is 5.69 Å². The summed E-state index contributed by atoms with van der Waals surface area (Å²) in [5, 5.41) is 0.233. The Labute approximate surface area is 153 Å². The second-order valence-corrected chi connectivity index (χ2v) is 7.17. The van der Waals surface area contributed by atoms with Gasteiger partial charge in [0.25, 0.3) is 5.91 Å². The molecule has 1 aliphatic heterocycles. The Balaban J connectivity index is 2.01. The molecule has 134 valence electrons. The van der Waals surface area contributed by atoms with Crippen molar-refractivity contribution in [2.75, 3.05) is 11.5 Å². The van der Waals surface area contributed by atoms with Gasteiger partial charge in [-0.25, -0.2) is 4.79 Å². The highest BCUT2D eigenvalue weighted by Crippen LogP contribution is 2.43. The summed E-state index contributed by atoms with van der Waals surface area (Å²) in [4.78, 5) is 28.6. The van der Waals surface area contributed by atoms with Crippen LogP contribution in [0.4, 0.5) is 10.5 Å². The molecule has 0 N–H and O–H groups in total. The van der Waals surface area contributed by atoms with Crippen LogP contribution in [0.2, 0.25) is 0 Å². The number of hydrogen-bond donors (Lipinski definition) is 0. The smallest absolute Gasteiger partial charge is 0.423 e. The van der Waals surface area contributed by atoms with Gasteiger partial charge in [-0.1, -0.05) is 43.9 Å². The molecule has 25 heavy (non-hydrogen) atoms. The number of thiocarbonyl (C=S) groups is 1. The van der Waals surface area contributed by atoms with E-state index in [9.17, 15) is 9.59 Å². The molecule has 1 aromatic rings. The lowest BCUT2D eigenvalue weighted by Gasteiger charge is -2.39. The van der Waals surface area contributed by atoms with Crippen molar-refractivity contribution in [1.82, 2.24) is 4.90 Å². The van der Waals surface area contributed by atoms with E-state index in [2.05, 4.69) is 0 Å². The fourth-order valence-corrected chi connectivity index (χ4v) is 4.15. The quantitative estimate of drug-likeness (QED) is 0.757. The predicted molar refractivity (Wildman–Crippen MR) is 101 cm³/mol. The number of rotatable bonds is 3. The largest absolute Gasteiger partial charge is 0.449 e. The van der Waals surface area contributed by atoms with Crippen LogP contribution in [0.1, 0.15) is 51.0 Å².